The molecule has 0 aliphatic carbocycles. The number of rotatable bonds is 12. The second-order valence-electron chi connectivity index (χ2n) is 4.86. The van der Waals surface area contributed by atoms with Crippen LogP contribution in [0.3, 0.4) is 0 Å². The molecule has 0 bridgehead atoms. The molecule has 0 atom stereocenters. The van der Waals surface area contributed by atoms with Gasteiger partial charge in [0, 0.05) is 13.1 Å². The second kappa shape index (κ2) is 16.6. The molecule has 4 nitrogen and oxygen atoms in total. The number of halogens is 1. The van der Waals surface area contributed by atoms with Crippen molar-refractivity contribution >= 4 is 18.5 Å². The van der Waals surface area contributed by atoms with Gasteiger partial charge in [0.1, 0.15) is 6.61 Å². The van der Waals surface area contributed by atoms with Crippen LogP contribution in [0.15, 0.2) is 0 Å². The van der Waals surface area contributed by atoms with Gasteiger partial charge in [0.05, 0.1) is 0 Å². The minimum atomic E-state index is -0.277. The van der Waals surface area contributed by atoms with Crippen LogP contribution in [0, 0.1) is 0 Å². The van der Waals surface area contributed by atoms with Crippen molar-refractivity contribution in [1.82, 2.24) is 10.2 Å². The number of nitrogens with one attached hydrogen (secondary N) is 1. The molecule has 0 aromatic heterocycles. The summed E-state index contributed by atoms with van der Waals surface area (Å²) in [6.45, 7) is 10.5. The summed E-state index contributed by atoms with van der Waals surface area (Å²) in [5, 5.41) is 2.80. The lowest BCUT2D eigenvalue weighted by atomic mass is 10.1. The first-order chi connectivity index (χ1) is 9.24. The van der Waals surface area contributed by atoms with E-state index in [9.17, 15) is 4.79 Å². The normalized spacial score (nSPS) is 10.2. The molecule has 1 N–H and O–H groups in total. The minimum Gasteiger partial charge on any atom is -0.448 e. The topological polar surface area (TPSA) is 41.6 Å². The molecule has 20 heavy (non-hydrogen) atoms. The van der Waals surface area contributed by atoms with Crippen LogP contribution in [-0.4, -0.2) is 43.8 Å². The van der Waals surface area contributed by atoms with Crippen molar-refractivity contribution in [2.75, 3.05) is 32.8 Å². The maximum Gasteiger partial charge on any atom is 0.407 e. The molecule has 0 fully saturated rings. The van der Waals surface area contributed by atoms with E-state index in [2.05, 4.69) is 31.0 Å². The van der Waals surface area contributed by atoms with E-state index in [-0.39, 0.29) is 18.5 Å². The Morgan fingerprint density at radius 1 is 1.00 bits per heavy atom. The van der Waals surface area contributed by atoms with Crippen molar-refractivity contribution in [1.29, 1.82) is 0 Å². The highest BCUT2D eigenvalue weighted by atomic mass is 35.5. The van der Waals surface area contributed by atoms with Gasteiger partial charge in [0.15, 0.2) is 0 Å². The lowest BCUT2D eigenvalue weighted by Crippen LogP contribution is -2.31. The van der Waals surface area contributed by atoms with E-state index < -0.39 is 0 Å². The molecular weight excluding hydrogens is 276 g/mol. The first kappa shape index (κ1) is 21.8. The van der Waals surface area contributed by atoms with Gasteiger partial charge in [-0.1, -0.05) is 52.9 Å². The van der Waals surface area contributed by atoms with Gasteiger partial charge in [-0.25, -0.2) is 4.79 Å². The Morgan fingerprint density at radius 2 is 1.60 bits per heavy atom. The van der Waals surface area contributed by atoms with Crippen LogP contribution in [0.25, 0.3) is 0 Å². The molecule has 0 aliphatic heterocycles. The Bertz CT molecular complexity index is 212. The largest absolute Gasteiger partial charge is 0.448 e. The fourth-order valence-corrected chi connectivity index (χ4v) is 1.95. The van der Waals surface area contributed by atoms with Gasteiger partial charge >= 0.3 is 6.09 Å². The summed E-state index contributed by atoms with van der Waals surface area (Å²) in [5.41, 5.74) is 0. The molecule has 122 valence electrons. The summed E-state index contributed by atoms with van der Waals surface area (Å²) in [4.78, 5) is 13.6. The van der Waals surface area contributed by atoms with Crippen LogP contribution in [0.4, 0.5) is 4.79 Å². The van der Waals surface area contributed by atoms with E-state index in [0.717, 1.165) is 32.6 Å². The van der Waals surface area contributed by atoms with Crippen molar-refractivity contribution in [3.8, 4) is 0 Å². The molecule has 0 aromatic rings. The smallest absolute Gasteiger partial charge is 0.407 e. The highest BCUT2D eigenvalue weighted by Gasteiger charge is 2.03. The van der Waals surface area contributed by atoms with E-state index in [1.807, 2.05) is 0 Å². The van der Waals surface area contributed by atoms with Gasteiger partial charge < -0.3 is 15.0 Å². The van der Waals surface area contributed by atoms with Crippen molar-refractivity contribution in [2.24, 2.45) is 0 Å². The second-order valence-corrected chi connectivity index (χ2v) is 4.86. The van der Waals surface area contributed by atoms with Gasteiger partial charge in [0.25, 0.3) is 0 Å². The number of nitrogens with zero attached hydrogens (tertiary/aromatic N) is 1. The van der Waals surface area contributed by atoms with Crippen molar-refractivity contribution in [2.45, 2.75) is 59.3 Å². The monoisotopic (exact) mass is 308 g/mol. The van der Waals surface area contributed by atoms with Crippen molar-refractivity contribution in [3.05, 3.63) is 0 Å². The lowest BCUT2D eigenvalue weighted by molar-refractivity contribution is 0.129. The van der Waals surface area contributed by atoms with Crippen LogP contribution < -0.4 is 5.32 Å². The summed E-state index contributed by atoms with van der Waals surface area (Å²) in [5.74, 6) is 0. The summed E-state index contributed by atoms with van der Waals surface area (Å²) in [7, 11) is 0. The Morgan fingerprint density at radius 3 is 2.20 bits per heavy atom. The van der Waals surface area contributed by atoms with Crippen LogP contribution in [0.1, 0.15) is 59.3 Å². The molecule has 0 heterocycles. The third-order valence-electron chi connectivity index (χ3n) is 3.33. The zero-order valence-corrected chi connectivity index (χ0v) is 14.3. The number of likely N-dealkylation sites (N-methyl/N-ethyl adjacent to an activating group) is 1. The van der Waals surface area contributed by atoms with Gasteiger partial charge in [-0.2, -0.15) is 0 Å². The van der Waals surface area contributed by atoms with Crippen LogP contribution in [-0.2, 0) is 4.74 Å². The quantitative estimate of drug-likeness (QED) is 0.557. The predicted octanol–water partition coefficient (Wildman–Crippen LogP) is 3.84. The third-order valence-corrected chi connectivity index (χ3v) is 3.33. The Kier molecular flexibility index (Phi) is 18.1. The number of unbranched alkanes of at least 4 members (excludes halogenated alkanes) is 5. The third kappa shape index (κ3) is 13.9. The number of ether oxygens (including phenoxy) is 1. The fourth-order valence-electron chi connectivity index (χ4n) is 1.95. The molecule has 1 amide bonds. The van der Waals surface area contributed by atoms with E-state index in [0.29, 0.717) is 6.61 Å². The van der Waals surface area contributed by atoms with Gasteiger partial charge in [-0.3, -0.25) is 0 Å². The van der Waals surface area contributed by atoms with Crippen molar-refractivity contribution < 1.29 is 9.53 Å². The van der Waals surface area contributed by atoms with Gasteiger partial charge in [0.2, 0.25) is 0 Å². The summed E-state index contributed by atoms with van der Waals surface area (Å²) in [6.07, 6.45) is 7.14. The van der Waals surface area contributed by atoms with E-state index >= 15 is 0 Å². The van der Waals surface area contributed by atoms with Gasteiger partial charge in [-0.15, -0.1) is 12.4 Å². The molecule has 5 heteroatoms. The average Bonchev–Trinajstić information content (AvgIpc) is 2.42. The van der Waals surface area contributed by atoms with Crippen molar-refractivity contribution in [3.63, 3.8) is 0 Å². The first-order valence-electron chi connectivity index (χ1n) is 7.87. The van der Waals surface area contributed by atoms with Crippen LogP contribution in [0.5, 0.6) is 0 Å². The van der Waals surface area contributed by atoms with Gasteiger partial charge in [-0.05, 0) is 19.5 Å². The maximum absolute atomic E-state index is 11.4. The maximum atomic E-state index is 11.4. The summed E-state index contributed by atoms with van der Waals surface area (Å²) >= 11 is 0. The predicted molar refractivity (Wildman–Crippen MR) is 87.8 cm³/mol. The number of amides is 1. The number of carbonyl (C=O) groups is 1. The highest BCUT2D eigenvalue weighted by Crippen LogP contribution is 2.04. The summed E-state index contributed by atoms with van der Waals surface area (Å²) in [6, 6.07) is 0. The molecule has 0 saturated heterocycles. The highest BCUT2D eigenvalue weighted by molar-refractivity contribution is 5.85. The lowest BCUT2D eigenvalue weighted by Gasteiger charge is -2.17. The Hall–Kier alpha value is -0.480. The standard InChI is InChI=1S/C15H32N2O2.ClH/c1-4-7-8-9-10-11-12-16-15(18)19-14-13-17(5-2)6-3;/h4-14H2,1-3H3,(H,16,18);1H. The summed E-state index contributed by atoms with van der Waals surface area (Å²) < 4.78 is 5.13. The first-order valence-corrected chi connectivity index (χ1v) is 7.87. The zero-order chi connectivity index (χ0) is 14.3. The van der Waals surface area contributed by atoms with Crippen LogP contribution >= 0.6 is 12.4 Å². The number of carbonyl (C=O) groups excluding carboxylic acids is 1. The number of hydrogen-bond donors (Lipinski definition) is 1. The van der Waals surface area contributed by atoms with E-state index in [1.54, 1.807) is 0 Å². The molecule has 0 rings (SSSR count). The minimum absolute atomic E-state index is 0. The number of alkyl carbamates (subject to hydrolysis) is 1. The van der Waals surface area contributed by atoms with E-state index in [4.69, 9.17) is 4.74 Å². The zero-order valence-electron chi connectivity index (χ0n) is 13.5. The molecule has 0 aromatic carbocycles. The molecule has 0 saturated carbocycles. The fraction of sp³-hybridized carbons (Fsp3) is 0.933. The van der Waals surface area contributed by atoms with Crippen LogP contribution in [0.2, 0.25) is 0 Å². The Balaban J connectivity index is 0. The number of hydrogen-bond acceptors (Lipinski definition) is 3. The molecule has 0 aliphatic rings. The Labute approximate surface area is 131 Å². The molecule has 0 spiro atoms. The van der Waals surface area contributed by atoms with E-state index in [1.165, 1.54) is 32.1 Å². The SMILES string of the molecule is CCCCCCCCNC(=O)OCCN(CC)CC.Cl. The molecule has 0 unspecified atom stereocenters. The molecule has 0 radical (unpaired) electrons. The average molecular weight is 309 g/mol. The molecular formula is C15H33ClN2O2.